The molecule has 0 saturated carbocycles. The van der Waals surface area contributed by atoms with Gasteiger partial charge in [0.2, 0.25) is 5.95 Å². The zero-order valence-electron chi connectivity index (χ0n) is 16.1. The summed E-state index contributed by atoms with van der Waals surface area (Å²) in [6, 6.07) is 18.5. The van der Waals surface area contributed by atoms with E-state index in [1.165, 1.54) is 5.56 Å². The average Bonchev–Trinajstić information content (AvgIpc) is 2.75. The summed E-state index contributed by atoms with van der Waals surface area (Å²) in [6.07, 6.45) is 5.08. The number of nitrogens with zero attached hydrogens (tertiary/aromatic N) is 4. The molecule has 1 aliphatic heterocycles. The summed E-state index contributed by atoms with van der Waals surface area (Å²) in [5.74, 6) is 2.88. The van der Waals surface area contributed by atoms with Crippen LogP contribution >= 0.6 is 0 Å². The molecule has 0 unspecified atom stereocenters. The predicted molar refractivity (Wildman–Crippen MR) is 111 cm³/mol. The van der Waals surface area contributed by atoms with Crippen LogP contribution in [0.3, 0.4) is 0 Å². The van der Waals surface area contributed by atoms with Gasteiger partial charge >= 0.3 is 0 Å². The van der Waals surface area contributed by atoms with Crippen LogP contribution in [0.1, 0.15) is 18.4 Å². The van der Waals surface area contributed by atoms with Crippen molar-refractivity contribution in [3.63, 3.8) is 0 Å². The number of hydrogen-bond donors (Lipinski definition) is 1. The second-order valence-electron chi connectivity index (χ2n) is 7.12. The van der Waals surface area contributed by atoms with Crippen LogP contribution in [0.4, 0.5) is 17.5 Å². The van der Waals surface area contributed by atoms with Crippen LogP contribution in [0.5, 0.6) is 5.75 Å². The van der Waals surface area contributed by atoms with Gasteiger partial charge in [-0.05, 0) is 42.9 Å². The van der Waals surface area contributed by atoms with Crippen molar-refractivity contribution in [2.45, 2.75) is 19.3 Å². The molecule has 0 atom stereocenters. The van der Waals surface area contributed by atoms with E-state index in [0.717, 1.165) is 43.8 Å². The summed E-state index contributed by atoms with van der Waals surface area (Å²) in [5.41, 5.74) is 2.33. The molecule has 6 heteroatoms. The standard InChI is InChI=1S/C22H25N5O/c1-28-20-9-5-8-19(15-20)24-21-16-23-26-22(25-21)27-12-10-18(11-13-27)14-17-6-3-2-4-7-17/h2-9,15-16,18H,10-14H2,1H3,(H,24,25,26). The average molecular weight is 375 g/mol. The van der Waals surface area contributed by atoms with Crippen LogP contribution in [0, 0.1) is 5.92 Å². The van der Waals surface area contributed by atoms with Crippen molar-refractivity contribution in [3.05, 3.63) is 66.4 Å². The summed E-state index contributed by atoms with van der Waals surface area (Å²) in [7, 11) is 1.66. The van der Waals surface area contributed by atoms with Crippen LogP contribution in [0.15, 0.2) is 60.8 Å². The molecule has 0 aliphatic carbocycles. The monoisotopic (exact) mass is 375 g/mol. The second kappa shape index (κ2) is 8.69. The molecule has 6 nitrogen and oxygen atoms in total. The maximum atomic E-state index is 5.27. The van der Waals surface area contributed by atoms with E-state index in [1.54, 1.807) is 13.3 Å². The summed E-state index contributed by atoms with van der Waals surface area (Å²) < 4.78 is 5.27. The molecule has 1 fully saturated rings. The molecule has 28 heavy (non-hydrogen) atoms. The molecule has 1 N–H and O–H groups in total. The Bertz CT molecular complexity index is 894. The van der Waals surface area contributed by atoms with Crippen molar-refractivity contribution >= 4 is 17.5 Å². The fourth-order valence-electron chi connectivity index (χ4n) is 3.62. The Kier molecular flexibility index (Phi) is 5.66. The lowest BCUT2D eigenvalue weighted by Crippen LogP contribution is -2.35. The molecule has 3 aromatic rings. The van der Waals surface area contributed by atoms with Crippen LogP contribution in [0.25, 0.3) is 0 Å². The molecule has 144 valence electrons. The van der Waals surface area contributed by atoms with Gasteiger partial charge in [-0.15, -0.1) is 5.10 Å². The number of benzene rings is 2. The first-order chi connectivity index (χ1) is 13.8. The van der Waals surface area contributed by atoms with E-state index in [4.69, 9.17) is 4.74 Å². The summed E-state index contributed by atoms with van der Waals surface area (Å²) in [6.45, 7) is 1.92. The summed E-state index contributed by atoms with van der Waals surface area (Å²) >= 11 is 0. The van der Waals surface area contributed by atoms with E-state index >= 15 is 0 Å². The Morgan fingerprint density at radius 2 is 1.89 bits per heavy atom. The SMILES string of the molecule is COc1cccc(Nc2cnnc(N3CCC(Cc4ccccc4)CC3)n2)c1. The molecule has 1 saturated heterocycles. The van der Waals surface area contributed by atoms with E-state index in [9.17, 15) is 0 Å². The van der Waals surface area contributed by atoms with Gasteiger partial charge in [0.05, 0.1) is 13.3 Å². The number of ether oxygens (including phenoxy) is 1. The first-order valence-corrected chi connectivity index (χ1v) is 9.70. The Morgan fingerprint density at radius 1 is 1.07 bits per heavy atom. The van der Waals surface area contributed by atoms with Crippen molar-refractivity contribution in [1.29, 1.82) is 0 Å². The zero-order chi connectivity index (χ0) is 19.2. The fourth-order valence-corrected chi connectivity index (χ4v) is 3.62. The van der Waals surface area contributed by atoms with Crippen molar-refractivity contribution < 1.29 is 4.74 Å². The Morgan fingerprint density at radius 3 is 2.68 bits per heavy atom. The van der Waals surface area contributed by atoms with Gasteiger partial charge in [-0.3, -0.25) is 0 Å². The Labute approximate surface area is 165 Å². The molecule has 1 aromatic heterocycles. The molecule has 4 rings (SSSR count). The molecule has 0 bridgehead atoms. The molecule has 2 heterocycles. The van der Waals surface area contributed by atoms with Gasteiger partial charge in [0.15, 0.2) is 5.82 Å². The van der Waals surface area contributed by atoms with Crippen molar-refractivity contribution in [2.24, 2.45) is 5.92 Å². The third-order valence-electron chi connectivity index (χ3n) is 5.15. The number of methoxy groups -OCH3 is 1. The lowest BCUT2D eigenvalue weighted by atomic mass is 9.90. The first kappa shape index (κ1) is 18.2. The normalized spacial score (nSPS) is 14.7. The minimum Gasteiger partial charge on any atom is -0.497 e. The number of nitrogens with one attached hydrogen (secondary N) is 1. The highest BCUT2D eigenvalue weighted by atomic mass is 16.5. The smallest absolute Gasteiger partial charge is 0.247 e. The molecule has 0 spiro atoms. The van der Waals surface area contributed by atoms with E-state index < -0.39 is 0 Å². The predicted octanol–water partition coefficient (Wildman–Crippen LogP) is 4.08. The van der Waals surface area contributed by atoms with E-state index in [1.807, 2.05) is 24.3 Å². The largest absolute Gasteiger partial charge is 0.497 e. The van der Waals surface area contributed by atoms with Crippen molar-refractivity contribution in [2.75, 3.05) is 30.4 Å². The highest BCUT2D eigenvalue weighted by Crippen LogP contribution is 2.25. The van der Waals surface area contributed by atoms with Gasteiger partial charge < -0.3 is 15.0 Å². The minimum atomic E-state index is 0.685. The second-order valence-corrected chi connectivity index (χ2v) is 7.12. The third-order valence-corrected chi connectivity index (χ3v) is 5.15. The number of anilines is 3. The Balaban J connectivity index is 1.37. The van der Waals surface area contributed by atoms with Gasteiger partial charge in [0, 0.05) is 24.8 Å². The molecule has 0 amide bonds. The number of hydrogen-bond acceptors (Lipinski definition) is 6. The van der Waals surface area contributed by atoms with Crippen LogP contribution < -0.4 is 15.0 Å². The quantitative estimate of drug-likeness (QED) is 0.700. The van der Waals surface area contributed by atoms with Gasteiger partial charge in [-0.1, -0.05) is 36.4 Å². The Hall–Kier alpha value is -3.15. The number of piperidine rings is 1. The van der Waals surface area contributed by atoms with Gasteiger partial charge in [-0.25, -0.2) is 0 Å². The van der Waals surface area contributed by atoms with Gasteiger partial charge in [0.1, 0.15) is 5.75 Å². The molecular weight excluding hydrogens is 350 g/mol. The molecule has 1 aliphatic rings. The van der Waals surface area contributed by atoms with Crippen LogP contribution in [-0.4, -0.2) is 35.4 Å². The fraction of sp³-hybridized carbons (Fsp3) is 0.318. The highest BCUT2D eigenvalue weighted by molar-refractivity contribution is 5.58. The minimum absolute atomic E-state index is 0.685. The highest BCUT2D eigenvalue weighted by Gasteiger charge is 2.21. The maximum absolute atomic E-state index is 5.27. The van der Waals surface area contributed by atoms with E-state index in [0.29, 0.717) is 17.7 Å². The van der Waals surface area contributed by atoms with E-state index in [2.05, 4.69) is 55.7 Å². The van der Waals surface area contributed by atoms with E-state index in [-0.39, 0.29) is 0 Å². The van der Waals surface area contributed by atoms with Gasteiger partial charge in [0.25, 0.3) is 0 Å². The molecular formula is C22H25N5O. The molecule has 2 aromatic carbocycles. The first-order valence-electron chi connectivity index (χ1n) is 9.70. The van der Waals surface area contributed by atoms with Crippen LogP contribution in [0.2, 0.25) is 0 Å². The summed E-state index contributed by atoms with van der Waals surface area (Å²) in [5, 5.41) is 11.7. The lowest BCUT2D eigenvalue weighted by Gasteiger charge is -2.31. The summed E-state index contributed by atoms with van der Waals surface area (Å²) in [4.78, 5) is 6.88. The number of aromatic nitrogens is 3. The van der Waals surface area contributed by atoms with Crippen molar-refractivity contribution in [3.8, 4) is 5.75 Å². The molecule has 0 radical (unpaired) electrons. The maximum Gasteiger partial charge on any atom is 0.247 e. The van der Waals surface area contributed by atoms with Crippen LogP contribution in [-0.2, 0) is 6.42 Å². The lowest BCUT2D eigenvalue weighted by molar-refractivity contribution is 0.400. The third kappa shape index (κ3) is 4.57. The zero-order valence-corrected chi connectivity index (χ0v) is 16.1. The number of rotatable bonds is 6. The topological polar surface area (TPSA) is 63.2 Å². The van der Waals surface area contributed by atoms with Gasteiger partial charge in [-0.2, -0.15) is 10.1 Å². The van der Waals surface area contributed by atoms with Crippen molar-refractivity contribution in [1.82, 2.24) is 15.2 Å².